The highest BCUT2D eigenvalue weighted by atomic mass is 32.3. The fraction of sp³-hybridized carbons (Fsp3) is 0.943. The molecule has 7 atom stereocenters. The molecule has 13 heteroatoms. The molecule has 1 heterocycles. The summed E-state index contributed by atoms with van der Waals surface area (Å²) < 4.78 is 47.8. The van der Waals surface area contributed by atoms with E-state index >= 15 is 0 Å². The molecule has 7 unspecified atom stereocenters. The van der Waals surface area contributed by atoms with E-state index in [9.17, 15) is 38.2 Å². The molecule has 1 aliphatic rings. The first-order valence-electron chi connectivity index (χ1n) is 27.6. The van der Waals surface area contributed by atoms with Crippen LogP contribution in [0.4, 0.5) is 0 Å². The molecule has 0 aromatic carbocycles. The average Bonchev–Trinajstić information content (AvgIpc) is 3.29. The third-order valence-electron chi connectivity index (χ3n) is 13.3. The van der Waals surface area contributed by atoms with Gasteiger partial charge in [-0.15, -0.1) is 0 Å². The molecule has 66 heavy (non-hydrogen) atoms. The molecule has 0 aliphatic carbocycles. The van der Waals surface area contributed by atoms with Gasteiger partial charge in [0, 0.05) is 6.42 Å². The van der Waals surface area contributed by atoms with Gasteiger partial charge in [-0.2, -0.15) is 8.42 Å². The Morgan fingerprint density at radius 2 is 0.955 bits per heavy atom. The Morgan fingerprint density at radius 3 is 1.32 bits per heavy atom. The number of carbonyl (C=O) groups is 1. The van der Waals surface area contributed by atoms with E-state index in [-0.39, 0.29) is 18.9 Å². The van der Waals surface area contributed by atoms with Gasteiger partial charge in [0.2, 0.25) is 5.91 Å². The number of carbonyl (C=O) groups excluding carboxylic acids is 1. The zero-order valence-corrected chi connectivity index (χ0v) is 43.1. The zero-order valence-electron chi connectivity index (χ0n) is 42.3. The van der Waals surface area contributed by atoms with Gasteiger partial charge < -0.3 is 35.2 Å². The van der Waals surface area contributed by atoms with Crippen molar-refractivity contribution >= 4 is 16.3 Å². The van der Waals surface area contributed by atoms with Gasteiger partial charge in [0.05, 0.1) is 25.4 Å². The lowest BCUT2D eigenvalue weighted by Crippen LogP contribution is -2.61. The van der Waals surface area contributed by atoms with E-state index in [4.69, 9.17) is 9.47 Å². The molecular formula is C53H103NO11S. The number of unbranched alkanes of at least 4 members (excludes halogenated alkanes) is 36. The molecule has 392 valence electrons. The second-order valence-corrected chi connectivity index (χ2v) is 20.6. The Hall–Kier alpha value is -1.16. The number of hydrogen-bond donors (Lipinski definition) is 6. The Morgan fingerprint density at radius 1 is 0.591 bits per heavy atom. The molecule has 1 amide bonds. The van der Waals surface area contributed by atoms with Gasteiger partial charge in [0.15, 0.2) is 6.29 Å². The molecule has 0 aromatic rings. The third-order valence-corrected chi connectivity index (χ3v) is 13.8. The molecular weight excluding hydrogens is 859 g/mol. The Balaban J connectivity index is 2.41. The van der Waals surface area contributed by atoms with E-state index in [0.29, 0.717) is 6.42 Å². The van der Waals surface area contributed by atoms with Crippen molar-refractivity contribution in [2.24, 2.45) is 0 Å². The van der Waals surface area contributed by atoms with Gasteiger partial charge in [0.25, 0.3) is 0 Å². The summed E-state index contributed by atoms with van der Waals surface area (Å²) in [4.78, 5) is 13.1. The van der Waals surface area contributed by atoms with E-state index in [2.05, 4.69) is 23.3 Å². The van der Waals surface area contributed by atoms with Crippen molar-refractivity contribution in [2.45, 2.75) is 307 Å². The van der Waals surface area contributed by atoms with Crippen LogP contribution in [0.1, 0.15) is 264 Å². The first-order valence-corrected chi connectivity index (χ1v) is 28.9. The van der Waals surface area contributed by atoms with Crippen molar-refractivity contribution in [3.63, 3.8) is 0 Å². The molecule has 1 saturated heterocycles. The van der Waals surface area contributed by atoms with Crippen LogP contribution < -0.4 is 5.32 Å². The summed E-state index contributed by atoms with van der Waals surface area (Å²) >= 11 is 0. The number of hydrogen-bond acceptors (Lipinski definition) is 10. The highest BCUT2D eigenvalue weighted by Gasteiger charge is 2.48. The molecule has 1 fully saturated rings. The number of nitrogens with one attached hydrogen (secondary N) is 1. The normalized spacial score (nSPS) is 20.0. The van der Waals surface area contributed by atoms with Crippen LogP contribution in [0.3, 0.4) is 0 Å². The highest BCUT2D eigenvalue weighted by Crippen LogP contribution is 2.26. The second kappa shape index (κ2) is 43.8. The SMILES string of the molecule is CCCCCCCCCCCCCCCCCCCC/C=C/C(O)C(COC1OC(CO)C(O)C(OS(=O)(=O)O)C1O)NC(=O)CCCCCCCCCCCCCCCCCCCCC. The third kappa shape index (κ3) is 35.9. The summed E-state index contributed by atoms with van der Waals surface area (Å²) in [5.74, 6) is -0.257. The van der Waals surface area contributed by atoms with Crippen molar-refractivity contribution in [2.75, 3.05) is 13.2 Å². The first-order chi connectivity index (χ1) is 32.0. The number of rotatable bonds is 48. The van der Waals surface area contributed by atoms with Crippen molar-refractivity contribution < 1.29 is 51.8 Å². The van der Waals surface area contributed by atoms with Gasteiger partial charge in [-0.05, 0) is 19.3 Å². The molecule has 6 N–H and O–H groups in total. The molecule has 1 rings (SSSR count). The molecule has 0 saturated carbocycles. The Kier molecular flexibility index (Phi) is 41.7. The number of ether oxygens (including phenoxy) is 2. The fourth-order valence-corrected chi connectivity index (χ4v) is 9.55. The summed E-state index contributed by atoms with van der Waals surface area (Å²) in [5, 5.41) is 44.9. The predicted molar refractivity (Wildman–Crippen MR) is 269 cm³/mol. The summed E-state index contributed by atoms with van der Waals surface area (Å²) in [6.45, 7) is 3.43. The van der Waals surface area contributed by atoms with E-state index in [1.807, 2.05) is 6.08 Å². The van der Waals surface area contributed by atoms with Crippen molar-refractivity contribution in [1.29, 1.82) is 0 Å². The maximum absolute atomic E-state index is 13.1. The fourth-order valence-electron chi connectivity index (χ4n) is 9.05. The molecule has 0 radical (unpaired) electrons. The minimum absolute atomic E-state index is 0.257. The van der Waals surface area contributed by atoms with Gasteiger partial charge in [-0.1, -0.05) is 251 Å². The maximum atomic E-state index is 13.1. The maximum Gasteiger partial charge on any atom is 0.397 e. The molecule has 1 aliphatic heterocycles. The smallest absolute Gasteiger partial charge is 0.394 e. The summed E-state index contributed by atoms with van der Waals surface area (Å²) in [7, 11) is -5.09. The van der Waals surface area contributed by atoms with Crippen LogP contribution in [0, 0.1) is 0 Å². The van der Waals surface area contributed by atoms with Crippen LogP contribution in [-0.4, -0.2) is 95.4 Å². The minimum Gasteiger partial charge on any atom is -0.394 e. The van der Waals surface area contributed by atoms with Gasteiger partial charge in [-0.3, -0.25) is 9.35 Å². The van der Waals surface area contributed by atoms with Crippen molar-refractivity contribution in [3.05, 3.63) is 12.2 Å². The molecule has 0 spiro atoms. The number of allylic oxidation sites excluding steroid dienone is 1. The van der Waals surface area contributed by atoms with E-state index < -0.39 is 59.9 Å². The van der Waals surface area contributed by atoms with Gasteiger partial charge in [0.1, 0.15) is 24.4 Å². The summed E-state index contributed by atoms with van der Waals surface area (Å²) in [6, 6.07) is -0.939. The average molecular weight is 962 g/mol. The first kappa shape index (κ1) is 62.9. The predicted octanol–water partition coefficient (Wildman–Crippen LogP) is 12.3. The molecule has 0 aromatic heterocycles. The second-order valence-electron chi connectivity index (χ2n) is 19.5. The van der Waals surface area contributed by atoms with Crippen LogP contribution >= 0.6 is 0 Å². The van der Waals surface area contributed by atoms with Crippen LogP contribution in [-0.2, 0) is 28.9 Å². The van der Waals surface area contributed by atoms with E-state index in [1.54, 1.807) is 6.08 Å². The largest absolute Gasteiger partial charge is 0.397 e. The number of aliphatic hydroxyl groups is 4. The monoisotopic (exact) mass is 962 g/mol. The summed E-state index contributed by atoms with van der Waals surface area (Å²) in [6.07, 6.45) is 42.5. The highest BCUT2D eigenvalue weighted by molar-refractivity contribution is 7.80. The summed E-state index contributed by atoms with van der Waals surface area (Å²) in [5.41, 5.74) is 0. The minimum atomic E-state index is -5.09. The lowest BCUT2D eigenvalue weighted by atomic mass is 9.99. The topological polar surface area (TPSA) is 192 Å². The molecule has 0 bridgehead atoms. The number of amides is 1. The van der Waals surface area contributed by atoms with Crippen LogP contribution in [0.5, 0.6) is 0 Å². The number of aliphatic hydroxyl groups excluding tert-OH is 4. The van der Waals surface area contributed by atoms with Crippen LogP contribution in [0.2, 0.25) is 0 Å². The Labute approximate surface area is 404 Å². The lowest BCUT2D eigenvalue weighted by Gasteiger charge is -2.41. The quantitative estimate of drug-likeness (QED) is 0.0193. The molecule has 12 nitrogen and oxygen atoms in total. The van der Waals surface area contributed by atoms with E-state index in [1.165, 1.54) is 199 Å². The zero-order chi connectivity index (χ0) is 48.4. The van der Waals surface area contributed by atoms with Gasteiger partial charge in [-0.25, -0.2) is 4.18 Å². The van der Waals surface area contributed by atoms with Crippen LogP contribution in [0.15, 0.2) is 12.2 Å². The standard InChI is InChI=1S/C53H103NO11S/c1-3-5-7-9-11-13-15-17-19-21-23-25-26-28-30-32-34-36-38-40-42-47(56)46(45-63-53-51(59)52(65-66(60,61)62)50(58)48(44-55)64-53)54-49(57)43-41-39-37-35-33-31-29-27-24-22-20-18-16-14-12-10-8-6-4-2/h40,42,46-48,50-53,55-56,58-59H,3-39,41,43-45H2,1-2H3,(H,54,57)(H,60,61,62)/b42-40+. The Bertz CT molecular complexity index is 1220. The van der Waals surface area contributed by atoms with Crippen molar-refractivity contribution in [3.8, 4) is 0 Å². The lowest BCUT2D eigenvalue weighted by molar-refractivity contribution is -0.298. The van der Waals surface area contributed by atoms with Gasteiger partial charge >= 0.3 is 10.4 Å². The van der Waals surface area contributed by atoms with E-state index in [0.717, 1.165) is 38.5 Å². The van der Waals surface area contributed by atoms with Crippen molar-refractivity contribution in [1.82, 2.24) is 5.32 Å². The van der Waals surface area contributed by atoms with Crippen LogP contribution in [0.25, 0.3) is 0 Å².